The molecular formula is C14H21Cl2FN2O. The number of rotatable bonds is 4. The molecule has 0 aromatic heterocycles. The quantitative estimate of drug-likeness (QED) is 0.847. The van der Waals surface area contributed by atoms with Crippen LogP contribution in [0.2, 0.25) is 0 Å². The maximum atomic E-state index is 13.4. The molecule has 1 aromatic carbocycles. The van der Waals surface area contributed by atoms with Crippen LogP contribution < -0.4 is 0 Å². The van der Waals surface area contributed by atoms with Gasteiger partial charge in [0, 0.05) is 32.6 Å². The molecule has 20 heavy (non-hydrogen) atoms. The molecule has 6 heteroatoms. The molecule has 1 fully saturated rings. The minimum atomic E-state index is -0.288. The molecule has 2 rings (SSSR count). The fraction of sp³-hybridized carbons (Fsp3) is 0.500. The summed E-state index contributed by atoms with van der Waals surface area (Å²) >= 11 is 0. The van der Waals surface area contributed by atoms with Crippen molar-refractivity contribution in [2.75, 3.05) is 39.8 Å². The predicted molar refractivity (Wildman–Crippen MR) is 83.5 cm³/mol. The number of hydrogen-bond acceptors (Lipinski definition) is 3. The van der Waals surface area contributed by atoms with E-state index in [9.17, 15) is 9.18 Å². The number of nitrogens with zero attached hydrogens (tertiary/aromatic N) is 2. The number of likely N-dealkylation sites (N-methyl/N-ethyl adjacent to an activating group) is 1. The van der Waals surface area contributed by atoms with Crippen LogP contribution in [0.4, 0.5) is 4.39 Å². The summed E-state index contributed by atoms with van der Waals surface area (Å²) in [5, 5.41) is 0. The van der Waals surface area contributed by atoms with E-state index in [2.05, 4.69) is 16.8 Å². The summed E-state index contributed by atoms with van der Waals surface area (Å²) in [6.07, 6.45) is 0.193. The Bertz CT molecular complexity index is 423. The molecule has 0 N–H and O–H groups in total. The smallest absolute Gasteiger partial charge is 0.151 e. The summed E-state index contributed by atoms with van der Waals surface area (Å²) in [5.74, 6) is -0.200. The van der Waals surface area contributed by atoms with Crippen LogP contribution in [-0.4, -0.2) is 55.4 Å². The zero-order valence-corrected chi connectivity index (χ0v) is 13.2. The van der Waals surface area contributed by atoms with Gasteiger partial charge in [0.2, 0.25) is 0 Å². The van der Waals surface area contributed by atoms with E-state index in [-0.39, 0.29) is 42.8 Å². The molecule has 1 heterocycles. The van der Waals surface area contributed by atoms with E-state index in [0.29, 0.717) is 12.1 Å². The Morgan fingerprint density at radius 1 is 1.15 bits per heavy atom. The van der Waals surface area contributed by atoms with Crippen molar-refractivity contribution in [3.05, 3.63) is 35.6 Å². The summed E-state index contributed by atoms with van der Waals surface area (Å²) in [7, 11) is 2.08. The lowest BCUT2D eigenvalue weighted by Crippen LogP contribution is -2.46. The largest absolute Gasteiger partial charge is 0.304 e. The molecule has 3 nitrogen and oxygen atoms in total. The fourth-order valence-electron chi connectivity index (χ4n) is 2.17. The van der Waals surface area contributed by atoms with Gasteiger partial charge in [-0.3, -0.25) is 9.69 Å². The maximum absolute atomic E-state index is 13.4. The number of halogens is 3. The summed E-state index contributed by atoms with van der Waals surface area (Å²) in [6.45, 7) is 4.25. The van der Waals surface area contributed by atoms with E-state index >= 15 is 0 Å². The number of carbonyl (C=O) groups excluding carboxylic acids is 1. The van der Waals surface area contributed by atoms with Gasteiger partial charge >= 0.3 is 0 Å². The molecule has 1 aromatic rings. The van der Waals surface area contributed by atoms with Crippen LogP contribution in [0.5, 0.6) is 0 Å². The van der Waals surface area contributed by atoms with Crippen LogP contribution in [0, 0.1) is 5.82 Å². The average Bonchev–Trinajstić information content (AvgIpc) is 2.35. The second-order valence-electron chi connectivity index (χ2n) is 4.89. The normalized spacial score (nSPS) is 16.1. The number of carbonyl (C=O) groups is 1. The highest BCUT2D eigenvalue weighted by molar-refractivity contribution is 5.85. The van der Waals surface area contributed by atoms with E-state index < -0.39 is 0 Å². The molecule has 0 aliphatic carbocycles. The van der Waals surface area contributed by atoms with Crippen LogP contribution >= 0.6 is 24.8 Å². The molecule has 1 aliphatic heterocycles. The molecule has 1 saturated heterocycles. The predicted octanol–water partition coefficient (Wildman–Crippen LogP) is 2.03. The first-order valence-electron chi connectivity index (χ1n) is 6.31. The highest BCUT2D eigenvalue weighted by Gasteiger charge is 2.17. The van der Waals surface area contributed by atoms with Gasteiger partial charge in [-0.1, -0.05) is 18.2 Å². The molecule has 0 unspecified atom stereocenters. The minimum absolute atomic E-state index is 0. The topological polar surface area (TPSA) is 23.6 Å². The zero-order valence-electron chi connectivity index (χ0n) is 11.5. The lowest BCUT2D eigenvalue weighted by Gasteiger charge is -2.31. The molecule has 114 valence electrons. The molecule has 0 bridgehead atoms. The third-order valence-electron chi connectivity index (χ3n) is 3.34. The van der Waals surface area contributed by atoms with Gasteiger partial charge in [-0.25, -0.2) is 4.39 Å². The van der Waals surface area contributed by atoms with Crippen molar-refractivity contribution >= 4 is 30.6 Å². The van der Waals surface area contributed by atoms with Gasteiger partial charge < -0.3 is 4.90 Å². The van der Waals surface area contributed by atoms with Crippen LogP contribution in [0.25, 0.3) is 0 Å². The highest BCUT2D eigenvalue weighted by Crippen LogP contribution is 2.08. The van der Waals surface area contributed by atoms with Gasteiger partial charge in [-0.2, -0.15) is 0 Å². The van der Waals surface area contributed by atoms with E-state index in [1.165, 1.54) is 6.07 Å². The molecule has 0 amide bonds. The Kier molecular flexibility index (Phi) is 8.98. The van der Waals surface area contributed by atoms with Crippen LogP contribution in [-0.2, 0) is 11.2 Å². The number of Topliss-reactive ketones (excluding diaryl/α,β-unsaturated/α-hetero) is 1. The fourth-order valence-corrected chi connectivity index (χ4v) is 2.17. The van der Waals surface area contributed by atoms with Crippen molar-refractivity contribution in [1.82, 2.24) is 9.80 Å². The first kappa shape index (κ1) is 19.3. The van der Waals surface area contributed by atoms with Crippen LogP contribution in [0.15, 0.2) is 24.3 Å². The van der Waals surface area contributed by atoms with Gasteiger partial charge in [-0.05, 0) is 18.7 Å². The van der Waals surface area contributed by atoms with E-state index in [0.717, 1.165) is 26.2 Å². The van der Waals surface area contributed by atoms with Gasteiger partial charge in [0.15, 0.2) is 5.78 Å². The number of hydrogen-bond donors (Lipinski definition) is 0. The number of ketones is 1. The SMILES string of the molecule is CN1CCN(CC(=O)Cc2ccccc2F)CC1.Cl.Cl. The standard InChI is InChI=1S/C14H19FN2O.2ClH/c1-16-6-8-17(9-7-16)11-13(18)10-12-4-2-3-5-14(12)15;;/h2-5H,6-11H2,1H3;2*1H. The Labute approximate surface area is 131 Å². The summed E-state index contributed by atoms with van der Waals surface area (Å²) in [4.78, 5) is 16.3. The molecular weight excluding hydrogens is 302 g/mol. The number of benzene rings is 1. The van der Waals surface area contributed by atoms with Gasteiger partial charge in [0.05, 0.1) is 6.54 Å². The summed E-state index contributed by atoms with van der Waals surface area (Å²) < 4.78 is 13.4. The van der Waals surface area contributed by atoms with E-state index in [1.54, 1.807) is 18.2 Å². The van der Waals surface area contributed by atoms with Crippen molar-refractivity contribution in [3.8, 4) is 0 Å². The molecule has 0 radical (unpaired) electrons. The second-order valence-corrected chi connectivity index (χ2v) is 4.89. The Morgan fingerprint density at radius 3 is 2.35 bits per heavy atom. The Morgan fingerprint density at radius 2 is 1.75 bits per heavy atom. The lowest BCUT2D eigenvalue weighted by atomic mass is 10.1. The van der Waals surface area contributed by atoms with Gasteiger partial charge in [0.25, 0.3) is 0 Å². The highest BCUT2D eigenvalue weighted by atomic mass is 35.5. The Balaban J connectivity index is 0.00000180. The monoisotopic (exact) mass is 322 g/mol. The van der Waals surface area contributed by atoms with Gasteiger partial charge in [0.1, 0.15) is 5.82 Å². The molecule has 0 spiro atoms. The van der Waals surface area contributed by atoms with Crippen molar-refractivity contribution in [2.45, 2.75) is 6.42 Å². The van der Waals surface area contributed by atoms with E-state index in [1.807, 2.05) is 0 Å². The van der Waals surface area contributed by atoms with Crippen LogP contribution in [0.3, 0.4) is 0 Å². The van der Waals surface area contributed by atoms with Crippen molar-refractivity contribution in [1.29, 1.82) is 0 Å². The number of piperazine rings is 1. The molecule has 1 aliphatic rings. The second kappa shape index (κ2) is 9.29. The van der Waals surface area contributed by atoms with Gasteiger partial charge in [-0.15, -0.1) is 24.8 Å². The van der Waals surface area contributed by atoms with Crippen molar-refractivity contribution in [3.63, 3.8) is 0 Å². The summed E-state index contributed by atoms with van der Waals surface area (Å²) in [5.41, 5.74) is 0.497. The minimum Gasteiger partial charge on any atom is -0.304 e. The first-order chi connectivity index (χ1) is 8.65. The third kappa shape index (κ3) is 5.75. The van der Waals surface area contributed by atoms with Crippen molar-refractivity contribution in [2.24, 2.45) is 0 Å². The Hall–Kier alpha value is -0.680. The summed E-state index contributed by atoms with van der Waals surface area (Å²) in [6, 6.07) is 6.49. The third-order valence-corrected chi connectivity index (χ3v) is 3.34. The first-order valence-corrected chi connectivity index (χ1v) is 6.31. The lowest BCUT2D eigenvalue weighted by molar-refractivity contribution is -0.120. The maximum Gasteiger partial charge on any atom is 0.151 e. The molecule has 0 atom stereocenters. The average molecular weight is 323 g/mol. The van der Waals surface area contributed by atoms with Crippen molar-refractivity contribution < 1.29 is 9.18 Å². The molecule has 0 saturated carbocycles. The van der Waals surface area contributed by atoms with E-state index in [4.69, 9.17) is 0 Å². The zero-order chi connectivity index (χ0) is 13.0. The van der Waals surface area contributed by atoms with Crippen LogP contribution in [0.1, 0.15) is 5.56 Å².